The van der Waals surface area contributed by atoms with E-state index < -0.39 is 6.43 Å². The van der Waals surface area contributed by atoms with E-state index in [1.807, 2.05) is 6.08 Å². The molecule has 0 saturated heterocycles. The van der Waals surface area contributed by atoms with E-state index in [0.717, 1.165) is 19.3 Å². The third-order valence-electron chi connectivity index (χ3n) is 1.83. The number of halogens is 2. The van der Waals surface area contributed by atoms with Crippen molar-refractivity contribution in [2.24, 2.45) is 0 Å². The van der Waals surface area contributed by atoms with E-state index in [1.165, 1.54) is 0 Å². The van der Waals surface area contributed by atoms with Crippen molar-refractivity contribution in [2.75, 3.05) is 6.54 Å². The van der Waals surface area contributed by atoms with Gasteiger partial charge in [0.05, 0.1) is 6.54 Å². The van der Waals surface area contributed by atoms with Crippen LogP contribution >= 0.6 is 0 Å². The largest absolute Gasteiger partial charge is 0.308 e. The fraction of sp³-hybridized carbons (Fsp3) is 0.750. The third kappa shape index (κ3) is 3.46. The van der Waals surface area contributed by atoms with Gasteiger partial charge in [0.25, 0.3) is 6.43 Å². The molecule has 0 saturated carbocycles. The van der Waals surface area contributed by atoms with Gasteiger partial charge in [0.2, 0.25) is 0 Å². The summed E-state index contributed by atoms with van der Waals surface area (Å²) in [6.45, 7) is -0.168. The first-order valence-electron chi connectivity index (χ1n) is 3.95. The van der Waals surface area contributed by atoms with E-state index >= 15 is 0 Å². The Balaban J connectivity index is 2.11. The molecular formula is C8H13F2N. The SMILES string of the molecule is FC(F)CNC1CC=CCC1. The fourth-order valence-electron chi connectivity index (χ4n) is 1.23. The topological polar surface area (TPSA) is 12.0 Å². The molecule has 1 atom stereocenters. The Labute approximate surface area is 65.5 Å². The molecule has 0 fully saturated rings. The van der Waals surface area contributed by atoms with Crippen molar-refractivity contribution in [1.29, 1.82) is 0 Å². The van der Waals surface area contributed by atoms with Gasteiger partial charge in [0.15, 0.2) is 0 Å². The zero-order valence-corrected chi connectivity index (χ0v) is 6.39. The molecule has 0 aliphatic heterocycles. The van der Waals surface area contributed by atoms with Crippen LogP contribution in [0.25, 0.3) is 0 Å². The van der Waals surface area contributed by atoms with E-state index in [-0.39, 0.29) is 12.6 Å². The molecule has 0 aromatic carbocycles. The van der Waals surface area contributed by atoms with Gasteiger partial charge in [-0.2, -0.15) is 0 Å². The first-order valence-corrected chi connectivity index (χ1v) is 3.95. The molecule has 1 rings (SSSR count). The lowest BCUT2D eigenvalue weighted by Gasteiger charge is -2.18. The first-order chi connectivity index (χ1) is 5.29. The van der Waals surface area contributed by atoms with Gasteiger partial charge >= 0.3 is 0 Å². The zero-order valence-electron chi connectivity index (χ0n) is 6.39. The highest BCUT2D eigenvalue weighted by atomic mass is 19.3. The summed E-state index contributed by atoms with van der Waals surface area (Å²) < 4.78 is 23.4. The smallest absolute Gasteiger partial charge is 0.250 e. The highest BCUT2D eigenvalue weighted by molar-refractivity contribution is 4.92. The van der Waals surface area contributed by atoms with Gasteiger partial charge in [-0.15, -0.1) is 0 Å². The maximum absolute atomic E-state index is 11.7. The van der Waals surface area contributed by atoms with Crippen LogP contribution in [0.15, 0.2) is 12.2 Å². The lowest BCUT2D eigenvalue weighted by atomic mass is 10.0. The van der Waals surface area contributed by atoms with E-state index in [2.05, 4.69) is 11.4 Å². The number of allylic oxidation sites excluding steroid dienone is 1. The van der Waals surface area contributed by atoms with E-state index in [9.17, 15) is 8.78 Å². The highest BCUT2D eigenvalue weighted by Gasteiger charge is 2.10. The second kappa shape index (κ2) is 4.44. The third-order valence-corrected chi connectivity index (χ3v) is 1.83. The Bertz CT molecular complexity index is 134. The Morgan fingerprint density at radius 2 is 2.27 bits per heavy atom. The summed E-state index contributed by atoms with van der Waals surface area (Å²) in [6.07, 6.45) is 4.82. The van der Waals surface area contributed by atoms with E-state index in [1.54, 1.807) is 0 Å². The predicted molar refractivity (Wildman–Crippen MR) is 40.8 cm³/mol. The van der Waals surface area contributed by atoms with Gasteiger partial charge in [-0.05, 0) is 19.3 Å². The van der Waals surface area contributed by atoms with Crippen molar-refractivity contribution in [3.63, 3.8) is 0 Å². The number of hydrogen-bond donors (Lipinski definition) is 1. The van der Waals surface area contributed by atoms with Crippen LogP contribution in [0.1, 0.15) is 19.3 Å². The molecule has 1 aliphatic rings. The lowest BCUT2D eigenvalue weighted by molar-refractivity contribution is 0.140. The predicted octanol–water partition coefficient (Wildman–Crippen LogP) is 1.95. The van der Waals surface area contributed by atoms with Gasteiger partial charge in [-0.1, -0.05) is 12.2 Å². The summed E-state index contributed by atoms with van der Waals surface area (Å²) in [7, 11) is 0. The van der Waals surface area contributed by atoms with Crippen molar-refractivity contribution in [1.82, 2.24) is 5.32 Å². The summed E-state index contributed by atoms with van der Waals surface area (Å²) in [4.78, 5) is 0. The first kappa shape index (κ1) is 8.65. The maximum Gasteiger partial charge on any atom is 0.250 e. The monoisotopic (exact) mass is 161 g/mol. The van der Waals surface area contributed by atoms with Crippen molar-refractivity contribution < 1.29 is 8.78 Å². The highest BCUT2D eigenvalue weighted by Crippen LogP contribution is 2.10. The molecule has 0 amide bonds. The summed E-state index contributed by atoms with van der Waals surface area (Å²) in [5, 5.41) is 2.82. The number of hydrogen-bond acceptors (Lipinski definition) is 1. The molecule has 0 bridgehead atoms. The summed E-state index contributed by atoms with van der Waals surface area (Å²) in [6, 6.07) is 0.272. The minimum Gasteiger partial charge on any atom is -0.308 e. The van der Waals surface area contributed by atoms with Gasteiger partial charge in [-0.3, -0.25) is 0 Å². The Morgan fingerprint density at radius 1 is 1.45 bits per heavy atom. The average Bonchev–Trinajstić information content (AvgIpc) is 2.03. The molecule has 1 nitrogen and oxygen atoms in total. The molecule has 3 heteroatoms. The Hall–Kier alpha value is -0.440. The van der Waals surface area contributed by atoms with Crippen molar-refractivity contribution in [3.8, 4) is 0 Å². The van der Waals surface area contributed by atoms with Crippen LogP contribution in [0, 0.1) is 0 Å². The summed E-state index contributed by atoms with van der Waals surface area (Å²) in [5.41, 5.74) is 0. The van der Waals surface area contributed by atoms with E-state index in [0.29, 0.717) is 0 Å². The zero-order chi connectivity index (χ0) is 8.10. The fourth-order valence-corrected chi connectivity index (χ4v) is 1.23. The van der Waals surface area contributed by atoms with Gasteiger partial charge in [-0.25, -0.2) is 8.78 Å². The molecule has 0 aromatic rings. The molecule has 1 aliphatic carbocycles. The van der Waals surface area contributed by atoms with Crippen molar-refractivity contribution in [2.45, 2.75) is 31.7 Å². The Morgan fingerprint density at radius 3 is 2.82 bits per heavy atom. The van der Waals surface area contributed by atoms with E-state index in [4.69, 9.17) is 0 Å². The minimum absolute atomic E-state index is 0.168. The molecule has 11 heavy (non-hydrogen) atoms. The van der Waals surface area contributed by atoms with Crippen molar-refractivity contribution >= 4 is 0 Å². The van der Waals surface area contributed by atoms with Crippen LogP contribution in [-0.2, 0) is 0 Å². The van der Waals surface area contributed by atoms with Crippen LogP contribution in [0.3, 0.4) is 0 Å². The van der Waals surface area contributed by atoms with Crippen LogP contribution in [0.2, 0.25) is 0 Å². The van der Waals surface area contributed by atoms with Gasteiger partial charge in [0, 0.05) is 6.04 Å². The molecule has 1 N–H and O–H groups in total. The van der Waals surface area contributed by atoms with Crippen LogP contribution < -0.4 is 5.32 Å². The van der Waals surface area contributed by atoms with Gasteiger partial charge < -0.3 is 5.32 Å². The van der Waals surface area contributed by atoms with Crippen LogP contribution in [0.4, 0.5) is 8.78 Å². The molecule has 0 spiro atoms. The summed E-state index contributed by atoms with van der Waals surface area (Å²) >= 11 is 0. The molecular weight excluding hydrogens is 148 g/mol. The second-order valence-corrected chi connectivity index (χ2v) is 2.78. The van der Waals surface area contributed by atoms with Crippen LogP contribution in [0.5, 0.6) is 0 Å². The minimum atomic E-state index is -2.22. The maximum atomic E-state index is 11.7. The molecule has 0 radical (unpaired) electrons. The molecule has 0 heterocycles. The average molecular weight is 161 g/mol. The molecule has 64 valence electrons. The van der Waals surface area contributed by atoms with Crippen molar-refractivity contribution in [3.05, 3.63) is 12.2 Å². The Kier molecular flexibility index (Phi) is 3.49. The standard InChI is InChI=1S/C8H13F2N/c9-8(10)6-11-7-4-2-1-3-5-7/h1-2,7-8,11H,3-6H2. The lowest BCUT2D eigenvalue weighted by Crippen LogP contribution is -2.33. The summed E-state index contributed by atoms with van der Waals surface area (Å²) in [5.74, 6) is 0. The number of rotatable bonds is 3. The number of nitrogens with one attached hydrogen (secondary N) is 1. The van der Waals surface area contributed by atoms with Gasteiger partial charge in [0.1, 0.15) is 0 Å². The quantitative estimate of drug-likeness (QED) is 0.624. The molecule has 1 unspecified atom stereocenters. The number of alkyl halides is 2. The van der Waals surface area contributed by atoms with Crippen LogP contribution in [-0.4, -0.2) is 19.0 Å². The molecule has 0 aromatic heterocycles. The normalized spacial score (nSPS) is 24.5. The second-order valence-electron chi connectivity index (χ2n) is 2.78.